The Morgan fingerprint density at radius 3 is 2.78 bits per heavy atom. The molecule has 0 radical (unpaired) electrons. The van der Waals surface area contributed by atoms with Gasteiger partial charge in [0.25, 0.3) is 0 Å². The summed E-state index contributed by atoms with van der Waals surface area (Å²) in [6, 6.07) is 9.88. The molecule has 0 spiro atoms. The van der Waals surface area contributed by atoms with Crippen LogP contribution >= 0.6 is 22.9 Å². The van der Waals surface area contributed by atoms with Crippen LogP contribution in [0.1, 0.15) is 5.56 Å². The fourth-order valence-electron chi connectivity index (χ4n) is 2.57. The first kappa shape index (κ1) is 14.4. The summed E-state index contributed by atoms with van der Waals surface area (Å²) in [5.74, 6) is -0.303. The highest BCUT2D eigenvalue weighted by Crippen LogP contribution is 2.37. The molecule has 0 unspecified atom stereocenters. The number of hydrogen-bond donors (Lipinski definition) is 1. The molecular formula is C17H10ClFN2OS. The summed E-state index contributed by atoms with van der Waals surface area (Å²) in [6.07, 6.45) is 0.356. The van der Waals surface area contributed by atoms with Crippen LogP contribution in [0.2, 0.25) is 5.02 Å². The number of halogens is 2. The van der Waals surface area contributed by atoms with Gasteiger partial charge >= 0.3 is 0 Å². The number of amides is 1. The number of anilines is 1. The fraction of sp³-hybridized carbons (Fsp3) is 0.0588. The van der Waals surface area contributed by atoms with E-state index in [-0.39, 0.29) is 11.7 Å². The van der Waals surface area contributed by atoms with Crippen LogP contribution in [0.3, 0.4) is 0 Å². The summed E-state index contributed by atoms with van der Waals surface area (Å²) in [4.78, 5) is 16.1. The van der Waals surface area contributed by atoms with Crippen molar-refractivity contribution in [2.24, 2.45) is 0 Å². The lowest BCUT2D eigenvalue weighted by Gasteiger charge is -2.05. The molecule has 0 bridgehead atoms. The Morgan fingerprint density at radius 2 is 2.00 bits per heavy atom. The largest absolute Gasteiger partial charge is 0.325 e. The molecule has 3 aromatic rings. The van der Waals surface area contributed by atoms with Crippen molar-refractivity contribution in [2.75, 3.05) is 5.32 Å². The second-order valence-electron chi connectivity index (χ2n) is 5.26. The molecule has 1 aromatic heterocycles. The van der Waals surface area contributed by atoms with Gasteiger partial charge in [-0.25, -0.2) is 9.37 Å². The van der Waals surface area contributed by atoms with Gasteiger partial charge < -0.3 is 5.32 Å². The molecular weight excluding hydrogens is 335 g/mol. The van der Waals surface area contributed by atoms with Gasteiger partial charge in [-0.1, -0.05) is 11.6 Å². The number of benzene rings is 2. The first-order valence-electron chi connectivity index (χ1n) is 6.94. The van der Waals surface area contributed by atoms with Gasteiger partial charge in [0.1, 0.15) is 10.8 Å². The van der Waals surface area contributed by atoms with Crippen molar-refractivity contribution in [3.63, 3.8) is 0 Å². The molecule has 1 N–H and O–H groups in total. The summed E-state index contributed by atoms with van der Waals surface area (Å²) in [5.41, 5.74) is 4.09. The van der Waals surface area contributed by atoms with Crippen molar-refractivity contribution in [2.45, 2.75) is 6.42 Å². The van der Waals surface area contributed by atoms with E-state index in [9.17, 15) is 9.18 Å². The fourth-order valence-corrected chi connectivity index (χ4v) is 3.65. The zero-order valence-corrected chi connectivity index (χ0v) is 13.3. The number of thiazole rings is 1. The van der Waals surface area contributed by atoms with Crippen LogP contribution in [0.15, 0.2) is 41.8 Å². The Kier molecular flexibility index (Phi) is 3.39. The predicted octanol–water partition coefficient (Wildman–Crippen LogP) is 4.76. The summed E-state index contributed by atoms with van der Waals surface area (Å²) in [6.45, 7) is 0. The number of aromatic nitrogens is 1. The van der Waals surface area contributed by atoms with Gasteiger partial charge in [0.15, 0.2) is 0 Å². The van der Waals surface area contributed by atoms with Crippen LogP contribution in [-0.2, 0) is 11.2 Å². The number of nitrogens with zero attached hydrogens (tertiary/aromatic N) is 1. The second-order valence-corrected chi connectivity index (χ2v) is 6.52. The third-order valence-electron chi connectivity index (χ3n) is 3.69. The summed E-state index contributed by atoms with van der Waals surface area (Å²) >= 11 is 7.80. The molecule has 23 heavy (non-hydrogen) atoms. The van der Waals surface area contributed by atoms with Crippen LogP contribution in [0, 0.1) is 5.82 Å². The minimum atomic E-state index is -0.274. The minimum absolute atomic E-state index is 0.0292. The van der Waals surface area contributed by atoms with E-state index in [1.807, 2.05) is 11.4 Å². The first-order chi connectivity index (χ1) is 11.1. The Morgan fingerprint density at radius 1 is 1.22 bits per heavy atom. The SMILES string of the molecule is O=C1Cc2cc(-c3csc(-c4ccc(F)cc4)n3)c(Cl)cc2N1. The van der Waals surface area contributed by atoms with E-state index in [4.69, 9.17) is 11.6 Å². The topological polar surface area (TPSA) is 42.0 Å². The van der Waals surface area contributed by atoms with Crippen LogP contribution in [0.4, 0.5) is 10.1 Å². The van der Waals surface area contributed by atoms with Gasteiger partial charge in [0.2, 0.25) is 5.91 Å². The normalized spacial score (nSPS) is 13.0. The highest BCUT2D eigenvalue weighted by molar-refractivity contribution is 7.13. The molecule has 0 aliphatic carbocycles. The molecule has 0 atom stereocenters. The van der Waals surface area contributed by atoms with Crippen molar-refractivity contribution < 1.29 is 9.18 Å². The minimum Gasteiger partial charge on any atom is -0.325 e. The lowest BCUT2D eigenvalue weighted by molar-refractivity contribution is -0.115. The molecule has 3 nitrogen and oxygen atoms in total. The number of fused-ring (bicyclic) bond motifs is 1. The molecule has 114 valence electrons. The van der Waals surface area contributed by atoms with E-state index in [2.05, 4.69) is 10.3 Å². The van der Waals surface area contributed by atoms with Crippen molar-refractivity contribution >= 4 is 34.5 Å². The summed E-state index contributed by atoms with van der Waals surface area (Å²) in [5, 5.41) is 6.03. The lowest BCUT2D eigenvalue weighted by atomic mass is 10.1. The highest BCUT2D eigenvalue weighted by Gasteiger charge is 2.21. The monoisotopic (exact) mass is 344 g/mol. The summed E-state index contributed by atoms with van der Waals surface area (Å²) < 4.78 is 13.0. The van der Waals surface area contributed by atoms with Crippen LogP contribution in [0.5, 0.6) is 0 Å². The molecule has 2 aromatic carbocycles. The zero-order valence-electron chi connectivity index (χ0n) is 11.8. The second kappa shape index (κ2) is 5.44. The quantitative estimate of drug-likeness (QED) is 0.728. The molecule has 0 saturated carbocycles. The molecule has 4 rings (SSSR count). The van der Waals surface area contributed by atoms with Gasteiger partial charge in [-0.15, -0.1) is 11.3 Å². The highest BCUT2D eigenvalue weighted by atomic mass is 35.5. The van der Waals surface area contributed by atoms with E-state index in [1.54, 1.807) is 18.2 Å². The van der Waals surface area contributed by atoms with E-state index < -0.39 is 0 Å². The third kappa shape index (κ3) is 2.62. The van der Waals surface area contributed by atoms with Gasteiger partial charge in [0, 0.05) is 22.2 Å². The Labute approximate surface area is 140 Å². The van der Waals surface area contributed by atoms with Gasteiger partial charge in [0.05, 0.1) is 17.1 Å². The van der Waals surface area contributed by atoms with Crippen LogP contribution in [-0.4, -0.2) is 10.9 Å². The van der Waals surface area contributed by atoms with Gasteiger partial charge in [-0.2, -0.15) is 0 Å². The maximum Gasteiger partial charge on any atom is 0.228 e. The lowest BCUT2D eigenvalue weighted by Crippen LogP contribution is -2.03. The van der Waals surface area contributed by atoms with Crippen LogP contribution in [0.25, 0.3) is 21.8 Å². The van der Waals surface area contributed by atoms with Crippen molar-refractivity contribution in [1.82, 2.24) is 4.98 Å². The number of nitrogens with one attached hydrogen (secondary N) is 1. The maximum atomic E-state index is 13.0. The van der Waals surface area contributed by atoms with Crippen molar-refractivity contribution in [3.8, 4) is 21.8 Å². The van der Waals surface area contributed by atoms with E-state index in [1.165, 1.54) is 23.5 Å². The zero-order chi connectivity index (χ0) is 16.0. The van der Waals surface area contributed by atoms with Crippen molar-refractivity contribution in [3.05, 3.63) is 58.2 Å². The molecule has 2 heterocycles. The van der Waals surface area contributed by atoms with Gasteiger partial charge in [-0.05, 0) is 42.0 Å². The molecule has 1 amide bonds. The number of hydrogen-bond acceptors (Lipinski definition) is 3. The average molecular weight is 345 g/mol. The molecule has 1 aliphatic heterocycles. The smallest absolute Gasteiger partial charge is 0.228 e. The maximum absolute atomic E-state index is 13.0. The predicted molar refractivity (Wildman–Crippen MR) is 90.3 cm³/mol. The Balaban J connectivity index is 1.74. The summed E-state index contributed by atoms with van der Waals surface area (Å²) in [7, 11) is 0. The molecule has 0 fully saturated rings. The molecule has 1 aliphatic rings. The van der Waals surface area contributed by atoms with Crippen molar-refractivity contribution in [1.29, 1.82) is 0 Å². The standard InChI is InChI=1S/C17H10ClFN2OS/c18-13-7-14-10(6-16(22)20-14)5-12(13)15-8-23-17(21-15)9-1-3-11(19)4-2-9/h1-5,7-8H,6H2,(H,20,22). The van der Waals surface area contributed by atoms with E-state index >= 15 is 0 Å². The molecule has 6 heteroatoms. The number of carbonyl (C=O) groups excluding carboxylic acids is 1. The average Bonchev–Trinajstić information content (AvgIpc) is 3.12. The Bertz CT molecular complexity index is 921. The van der Waals surface area contributed by atoms with Crippen LogP contribution < -0.4 is 5.32 Å². The number of carbonyl (C=O) groups is 1. The third-order valence-corrected chi connectivity index (χ3v) is 4.89. The first-order valence-corrected chi connectivity index (χ1v) is 8.20. The van der Waals surface area contributed by atoms with E-state index in [0.717, 1.165) is 33.1 Å². The Hall–Kier alpha value is -2.24. The molecule has 0 saturated heterocycles. The van der Waals surface area contributed by atoms with E-state index in [0.29, 0.717) is 11.4 Å². The number of rotatable bonds is 2. The van der Waals surface area contributed by atoms with Gasteiger partial charge in [-0.3, -0.25) is 4.79 Å².